The molecule has 4 rings (SSSR count). The lowest BCUT2D eigenvalue weighted by Gasteiger charge is -2.16. The highest BCUT2D eigenvalue weighted by atomic mass is 16.5. The van der Waals surface area contributed by atoms with E-state index in [4.69, 9.17) is 9.15 Å². The first-order valence-electron chi connectivity index (χ1n) is 10.3. The summed E-state index contributed by atoms with van der Waals surface area (Å²) in [5.74, 6) is 0.680. The molecule has 0 radical (unpaired) electrons. The first kappa shape index (κ1) is 20.6. The van der Waals surface area contributed by atoms with Crippen LogP contribution in [0.1, 0.15) is 37.1 Å². The monoisotopic (exact) mass is 420 g/mol. The van der Waals surface area contributed by atoms with E-state index in [1.165, 1.54) is 0 Å². The van der Waals surface area contributed by atoms with Crippen molar-refractivity contribution in [3.63, 3.8) is 0 Å². The Morgan fingerprint density at radius 2 is 1.94 bits per heavy atom. The Morgan fingerprint density at radius 3 is 2.68 bits per heavy atom. The van der Waals surface area contributed by atoms with Gasteiger partial charge in [0, 0.05) is 25.1 Å². The second-order valence-electron chi connectivity index (χ2n) is 7.31. The summed E-state index contributed by atoms with van der Waals surface area (Å²) in [6, 6.07) is 17.2. The molecule has 1 aromatic heterocycles. The standard InChI is InChI=1S/C23H24N4O4/c1-2-30-19-11-9-18(10-12-19)27-15-17(14-21(27)29)22-25-26-23(31-22)24-20(28)13-8-16-6-4-3-5-7-16/h3-7,9-12,17H,2,8,13-15H2,1H3,(H,24,26,28). The van der Waals surface area contributed by atoms with E-state index < -0.39 is 0 Å². The summed E-state index contributed by atoms with van der Waals surface area (Å²) < 4.78 is 11.1. The minimum absolute atomic E-state index is 0.0131. The molecule has 1 atom stereocenters. The third-order valence-electron chi connectivity index (χ3n) is 5.10. The van der Waals surface area contributed by atoms with Crippen LogP contribution in [0, 0.1) is 0 Å². The number of hydrogen-bond acceptors (Lipinski definition) is 6. The van der Waals surface area contributed by atoms with Crippen molar-refractivity contribution < 1.29 is 18.7 Å². The molecule has 2 heterocycles. The van der Waals surface area contributed by atoms with Crippen LogP contribution in [-0.4, -0.2) is 35.2 Å². The maximum Gasteiger partial charge on any atom is 0.322 e. The second-order valence-corrected chi connectivity index (χ2v) is 7.31. The molecule has 31 heavy (non-hydrogen) atoms. The molecular formula is C23H24N4O4. The van der Waals surface area contributed by atoms with Crippen molar-refractivity contribution in [3.8, 4) is 5.75 Å². The van der Waals surface area contributed by atoms with E-state index in [1.807, 2.05) is 61.5 Å². The van der Waals surface area contributed by atoms with Gasteiger partial charge in [-0.05, 0) is 43.2 Å². The summed E-state index contributed by atoms with van der Waals surface area (Å²) in [4.78, 5) is 26.4. The number of benzene rings is 2. The molecule has 1 N–H and O–H groups in total. The SMILES string of the molecule is CCOc1ccc(N2CC(c3nnc(NC(=O)CCc4ccccc4)o3)CC2=O)cc1. The van der Waals surface area contributed by atoms with Gasteiger partial charge in [0.25, 0.3) is 0 Å². The average molecular weight is 420 g/mol. The van der Waals surface area contributed by atoms with Crippen LogP contribution in [-0.2, 0) is 16.0 Å². The van der Waals surface area contributed by atoms with Crippen LogP contribution in [0.3, 0.4) is 0 Å². The highest BCUT2D eigenvalue weighted by Crippen LogP contribution is 2.32. The molecule has 0 bridgehead atoms. The molecule has 3 aromatic rings. The molecular weight excluding hydrogens is 396 g/mol. The second kappa shape index (κ2) is 9.42. The average Bonchev–Trinajstić information content (AvgIpc) is 3.40. The van der Waals surface area contributed by atoms with Gasteiger partial charge < -0.3 is 14.1 Å². The molecule has 160 valence electrons. The van der Waals surface area contributed by atoms with Gasteiger partial charge in [-0.25, -0.2) is 0 Å². The zero-order valence-corrected chi connectivity index (χ0v) is 17.3. The highest BCUT2D eigenvalue weighted by molar-refractivity contribution is 5.96. The molecule has 2 aromatic carbocycles. The van der Waals surface area contributed by atoms with Gasteiger partial charge >= 0.3 is 6.01 Å². The van der Waals surface area contributed by atoms with Crippen molar-refractivity contribution >= 4 is 23.5 Å². The zero-order valence-electron chi connectivity index (χ0n) is 17.3. The predicted octanol–water partition coefficient (Wildman–Crippen LogP) is 3.56. The van der Waals surface area contributed by atoms with E-state index in [1.54, 1.807) is 4.90 Å². The van der Waals surface area contributed by atoms with E-state index in [0.29, 0.717) is 31.9 Å². The first-order valence-corrected chi connectivity index (χ1v) is 10.3. The number of anilines is 2. The van der Waals surface area contributed by atoms with Crippen LogP contribution < -0.4 is 15.0 Å². The minimum Gasteiger partial charge on any atom is -0.494 e. The Balaban J connectivity index is 1.33. The van der Waals surface area contributed by atoms with Crippen LogP contribution in [0.25, 0.3) is 0 Å². The molecule has 1 aliphatic heterocycles. The number of aryl methyl sites for hydroxylation is 1. The molecule has 0 aliphatic carbocycles. The lowest BCUT2D eigenvalue weighted by atomic mass is 10.1. The van der Waals surface area contributed by atoms with Crippen molar-refractivity contribution in [2.45, 2.75) is 32.1 Å². The first-order chi connectivity index (χ1) is 15.1. The Hall–Kier alpha value is -3.68. The Bertz CT molecular complexity index is 1030. The Labute approximate surface area is 180 Å². The molecule has 8 nitrogen and oxygen atoms in total. The van der Waals surface area contributed by atoms with Gasteiger partial charge in [0.15, 0.2) is 0 Å². The minimum atomic E-state index is -0.221. The maximum atomic E-state index is 12.5. The van der Waals surface area contributed by atoms with Crippen molar-refractivity contribution in [2.24, 2.45) is 0 Å². The summed E-state index contributed by atoms with van der Waals surface area (Å²) >= 11 is 0. The Morgan fingerprint density at radius 1 is 1.16 bits per heavy atom. The van der Waals surface area contributed by atoms with Crippen LogP contribution in [0.2, 0.25) is 0 Å². The van der Waals surface area contributed by atoms with E-state index in [0.717, 1.165) is 17.0 Å². The van der Waals surface area contributed by atoms with Crippen LogP contribution >= 0.6 is 0 Å². The number of ether oxygens (including phenoxy) is 1. The number of nitrogens with zero attached hydrogens (tertiary/aromatic N) is 3. The largest absolute Gasteiger partial charge is 0.494 e. The molecule has 0 spiro atoms. The number of aromatic nitrogens is 2. The van der Waals surface area contributed by atoms with Gasteiger partial charge in [0.05, 0.1) is 12.5 Å². The molecule has 1 unspecified atom stereocenters. The normalized spacial score (nSPS) is 15.8. The molecule has 1 fully saturated rings. The molecule has 2 amide bonds. The number of amides is 2. The summed E-state index contributed by atoms with van der Waals surface area (Å²) in [6.07, 6.45) is 1.22. The quantitative estimate of drug-likeness (QED) is 0.598. The van der Waals surface area contributed by atoms with Crippen molar-refractivity contribution in [2.75, 3.05) is 23.4 Å². The van der Waals surface area contributed by atoms with Gasteiger partial charge in [-0.1, -0.05) is 35.4 Å². The van der Waals surface area contributed by atoms with E-state index >= 15 is 0 Å². The smallest absolute Gasteiger partial charge is 0.322 e. The number of carbonyl (C=O) groups excluding carboxylic acids is 2. The van der Waals surface area contributed by atoms with E-state index in [-0.39, 0.29) is 30.2 Å². The molecule has 1 aliphatic rings. The van der Waals surface area contributed by atoms with Gasteiger partial charge in [0.1, 0.15) is 5.75 Å². The van der Waals surface area contributed by atoms with E-state index in [2.05, 4.69) is 15.5 Å². The number of nitrogens with one attached hydrogen (secondary N) is 1. The van der Waals surface area contributed by atoms with E-state index in [9.17, 15) is 9.59 Å². The summed E-state index contributed by atoms with van der Waals surface area (Å²) in [5.41, 5.74) is 1.88. The fourth-order valence-corrected chi connectivity index (χ4v) is 3.55. The third-order valence-corrected chi connectivity index (χ3v) is 5.10. The van der Waals surface area contributed by atoms with Crippen LogP contribution in [0.15, 0.2) is 59.0 Å². The summed E-state index contributed by atoms with van der Waals surface area (Å²) in [5, 5.41) is 10.6. The molecule has 8 heteroatoms. The summed E-state index contributed by atoms with van der Waals surface area (Å²) in [6.45, 7) is 2.95. The van der Waals surface area contributed by atoms with Crippen LogP contribution in [0.4, 0.5) is 11.7 Å². The lowest BCUT2D eigenvalue weighted by Crippen LogP contribution is -2.24. The van der Waals surface area contributed by atoms with Crippen molar-refractivity contribution in [3.05, 3.63) is 66.1 Å². The van der Waals surface area contributed by atoms with Gasteiger partial charge in [0.2, 0.25) is 17.7 Å². The Kier molecular flexibility index (Phi) is 6.26. The molecule has 0 saturated carbocycles. The van der Waals surface area contributed by atoms with Crippen molar-refractivity contribution in [1.82, 2.24) is 10.2 Å². The fraction of sp³-hybridized carbons (Fsp3) is 0.304. The zero-order chi connectivity index (χ0) is 21.6. The number of carbonyl (C=O) groups is 2. The highest BCUT2D eigenvalue weighted by Gasteiger charge is 2.35. The number of hydrogen-bond donors (Lipinski definition) is 1. The molecule has 1 saturated heterocycles. The van der Waals surface area contributed by atoms with Crippen LogP contribution in [0.5, 0.6) is 5.75 Å². The third kappa shape index (κ3) is 5.09. The van der Waals surface area contributed by atoms with Gasteiger partial charge in [-0.3, -0.25) is 14.9 Å². The summed E-state index contributed by atoms with van der Waals surface area (Å²) in [7, 11) is 0. The fourth-order valence-electron chi connectivity index (χ4n) is 3.55. The lowest BCUT2D eigenvalue weighted by molar-refractivity contribution is -0.117. The van der Waals surface area contributed by atoms with Gasteiger partial charge in [-0.15, -0.1) is 5.10 Å². The predicted molar refractivity (Wildman–Crippen MR) is 115 cm³/mol. The van der Waals surface area contributed by atoms with Crippen molar-refractivity contribution in [1.29, 1.82) is 0 Å². The maximum absolute atomic E-state index is 12.5. The topological polar surface area (TPSA) is 97.6 Å². The van der Waals surface area contributed by atoms with Gasteiger partial charge in [-0.2, -0.15) is 0 Å². The number of rotatable bonds is 8.